The number of ether oxygens (including phenoxy) is 1. The molecular weight excluding hydrogens is 425 g/mol. The lowest BCUT2D eigenvalue weighted by Gasteiger charge is -2.47. The molecule has 0 atom stereocenters. The van der Waals surface area contributed by atoms with E-state index in [9.17, 15) is 23.4 Å². The number of aliphatic hydroxyl groups is 2. The SMILES string of the molecule is CCC(CC)C(=N)c1c(N2CC(O)(CO)C2)ccnc1Nc1ccc(OC(F)(F)F)cc1. The van der Waals surface area contributed by atoms with Gasteiger partial charge in [-0.05, 0) is 43.2 Å². The molecule has 0 radical (unpaired) electrons. The van der Waals surface area contributed by atoms with E-state index in [0.717, 1.165) is 12.8 Å². The number of halogens is 3. The standard InChI is InChI=1S/C22H27F3N4O3/c1-3-14(4-2)19(26)18-17(29-11-21(31,12-29)13-30)9-10-27-20(18)28-15-5-7-16(8-6-15)32-22(23,24)25/h5-10,14,26,30-31H,3-4,11-13H2,1-2H3,(H,27,28). The van der Waals surface area contributed by atoms with Gasteiger partial charge in [-0.15, -0.1) is 13.2 Å². The Bertz CT molecular complexity index is 940. The third kappa shape index (κ3) is 5.31. The maximum absolute atomic E-state index is 12.4. The first kappa shape index (κ1) is 23.8. The molecule has 0 saturated carbocycles. The van der Waals surface area contributed by atoms with Crippen molar-refractivity contribution in [3.63, 3.8) is 0 Å². The Balaban J connectivity index is 1.93. The van der Waals surface area contributed by atoms with Crippen LogP contribution in [0.2, 0.25) is 0 Å². The number of benzene rings is 1. The van der Waals surface area contributed by atoms with Crippen LogP contribution in [0.25, 0.3) is 0 Å². The number of hydrogen-bond acceptors (Lipinski definition) is 7. The molecule has 3 rings (SSSR count). The molecule has 2 aromatic rings. The second kappa shape index (κ2) is 9.33. The van der Waals surface area contributed by atoms with Crippen LogP contribution in [-0.4, -0.2) is 52.6 Å². The van der Waals surface area contributed by atoms with Crippen molar-refractivity contribution in [2.24, 2.45) is 5.92 Å². The topological polar surface area (TPSA) is 102 Å². The van der Waals surface area contributed by atoms with E-state index in [4.69, 9.17) is 5.41 Å². The molecular formula is C22H27F3N4O3. The van der Waals surface area contributed by atoms with Crippen LogP contribution in [0.1, 0.15) is 32.3 Å². The number of aliphatic hydroxyl groups excluding tert-OH is 1. The van der Waals surface area contributed by atoms with Crippen LogP contribution in [0.15, 0.2) is 36.5 Å². The van der Waals surface area contributed by atoms with Crippen LogP contribution in [0.4, 0.5) is 30.4 Å². The zero-order valence-electron chi connectivity index (χ0n) is 17.9. The maximum Gasteiger partial charge on any atom is 0.573 e. The minimum absolute atomic E-state index is 0.0148. The van der Waals surface area contributed by atoms with Gasteiger partial charge in [0.1, 0.15) is 17.2 Å². The van der Waals surface area contributed by atoms with E-state index in [2.05, 4.69) is 15.0 Å². The molecule has 7 nitrogen and oxygen atoms in total. The summed E-state index contributed by atoms with van der Waals surface area (Å²) in [6, 6.07) is 7.03. The molecule has 1 aliphatic rings. The molecule has 0 bridgehead atoms. The third-order valence-electron chi connectivity index (χ3n) is 5.55. The van der Waals surface area contributed by atoms with Gasteiger partial charge in [0.15, 0.2) is 0 Å². The first-order valence-corrected chi connectivity index (χ1v) is 10.4. The molecule has 1 fully saturated rings. The van der Waals surface area contributed by atoms with Crippen molar-refractivity contribution < 1.29 is 28.1 Å². The number of hydrogen-bond donors (Lipinski definition) is 4. The summed E-state index contributed by atoms with van der Waals surface area (Å²) in [6.07, 6.45) is -1.69. The number of pyridine rings is 1. The van der Waals surface area contributed by atoms with Crippen molar-refractivity contribution in [1.29, 1.82) is 5.41 Å². The minimum Gasteiger partial charge on any atom is -0.406 e. The Morgan fingerprint density at radius 2 is 1.84 bits per heavy atom. The third-order valence-corrected chi connectivity index (χ3v) is 5.55. The summed E-state index contributed by atoms with van der Waals surface area (Å²) in [6.45, 7) is 4.09. The van der Waals surface area contributed by atoms with E-state index in [1.165, 1.54) is 24.3 Å². The first-order chi connectivity index (χ1) is 15.1. The van der Waals surface area contributed by atoms with Gasteiger partial charge in [-0.2, -0.15) is 0 Å². The van der Waals surface area contributed by atoms with Crippen LogP contribution in [-0.2, 0) is 0 Å². The Labute approximate surface area is 184 Å². The average molecular weight is 452 g/mol. The van der Waals surface area contributed by atoms with Gasteiger partial charge in [0.2, 0.25) is 0 Å². The molecule has 0 unspecified atom stereocenters. The normalized spacial score (nSPS) is 15.4. The Morgan fingerprint density at radius 1 is 1.22 bits per heavy atom. The van der Waals surface area contributed by atoms with Gasteiger partial charge in [-0.25, -0.2) is 4.98 Å². The number of alkyl halides is 3. The van der Waals surface area contributed by atoms with Crippen molar-refractivity contribution in [3.05, 3.63) is 42.1 Å². The minimum atomic E-state index is -4.77. The van der Waals surface area contributed by atoms with Crippen LogP contribution in [0, 0.1) is 11.3 Å². The van der Waals surface area contributed by atoms with E-state index in [1.54, 1.807) is 12.3 Å². The average Bonchev–Trinajstić information content (AvgIpc) is 2.72. The molecule has 0 aliphatic carbocycles. The second-order valence-corrected chi connectivity index (χ2v) is 7.92. The zero-order valence-corrected chi connectivity index (χ0v) is 17.9. The molecule has 1 aromatic carbocycles. The smallest absolute Gasteiger partial charge is 0.406 e. The fraction of sp³-hybridized carbons (Fsp3) is 0.455. The van der Waals surface area contributed by atoms with Gasteiger partial charge in [0.25, 0.3) is 0 Å². The van der Waals surface area contributed by atoms with Gasteiger partial charge in [0.05, 0.1) is 30.9 Å². The molecule has 4 N–H and O–H groups in total. The van der Waals surface area contributed by atoms with Crippen molar-refractivity contribution >= 4 is 22.9 Å². The molecule has 2 heterocycles. The highest BCUT2D eigenvalue weighted by molar-refractivity contribution is 6.09. The van der Waals surface area contributed by atoms with Crippen molar-refractivity contribution in [2.75, 3.05) is 29.9 Å². The summed E-state index contributed by atoms with van der Waals surface area (Å²) >= 11 is 0. The number of nitrogens with one attached hydrogen (secondary N) is 2. The predicted octanol–water partition coefficient (Wildman–Crippen LogP) is 4.07. The molecule has 32 heavy (non-hydrogen) atoms. The highest BCUT2D eigenvalue weighted by Crippen LogP contribution is 2.36. The number of anilines is 3. The quantitative estimate of drug-likeness (QED) is 0.428. The number of rotatable bonds is 9. The summed E-state index contributed by atoms with van der Waals surface area (Å²) in [7, 11) is 0. The number of nitrogens with zero attached hydrogens (tertiary/aromatic N) is 2. The lowest BCUT2D eigenvalue weighted by atomic mass is 9.88. The summed E-state index contributed by atoms with van der Waals surface area (Å²) < 4.78 is 41.1. The van der Waals surface area contributed by atoms with Crippen molar-refractivity contribution in [1.82, 2.24) is 4.98 Å². The molecule has 0 amide bonds. The van der Waals surface area contributed by atoms with Gasteiger partial charge >= 0.3 is 6.36 Å². The summed E-state index contributed by atoms with van der Waals surface area (Å²) in [5.74, 6) is 0.0426. The molecule has 10 heteroatoms. The van der Waals surface area contributed by atoms with E-state index in [0.29, 0.717) is 28.5 Å². The van der Waals surface area contributed by atoms with E-state index in [-0.39, 0.29) is 31.4 Å². The maximum atomic E-state index is 12.4. The molecule has 0 spiro atoms. The van der Waals surface area contributed by atoms with Crippen molar-refractivity contribution in [2.45, 2.75) is 38.7 Å². The van der Waals surface area contributed by atoms with Crippen LogP contribution in [0.5, 0.6) is 5.75 Å². The van der Waals surface area contributed by atoms with E-state index >= 15 is 0 Å². The Kier molecular flexibility index (Phi) is 6.94. The largest absolute Gasteiger partial charge is 0.573 e. The molecule has 1 aromatic heterocycles. The highest BCUT2D eigenvalue weighted by atomic mass is 19.4. The Morgan fingerprint density at radius 3 is 2.38 bits per heavy atom. The second-order valence-electron chi connectivity index (χ2n) is 7.92. The molecule has 1 saturated heterocycles. The Hall–Kier alpha value is -2.85. The van der Waals surface area contributed by atoms with Gasteiger partial charge in [0, 0.05) is 23.5 Å². The van der Waals surface area contributed by atoms with Gasteiger partial charge in [-0.3, -0.25) is 0 Å². The fourth-order valence-electron chi connectivity index (χ4n) is 3.79. The summed E-state index contributed by atoms with van der Waals surface area (Å²) in [5.41, 5.74) is 0.959. The summed E-state index contributed by atoms with van der Waals surface area (Å²) in [5, 5.41) is 31.5. The van der Waals surface area contributed by atoms with Crippen LogP contribution < -0.4 is 15.0 Å². The van der Waals surface area contributed by atoms with Crippen LogP contribution >= 0.6 is 0 Å². The fourth-order valence-corrected chi connectivity index (χ4v) is 3.79. The van der Waals surface area contributed by atoms with Crippen LogP contribution in [0.3, 0.4) is 0 Å². The first-order valence-electron chi connectivity index (χ1n) is 10.4. The monoisotopic (exact) mass is 452 g/mol. The molecule has 1 aliphatic heterocycles. The van der Waals surface area contributed by atoms with E-state index in [1.807, 2.05) is 18.7 Å². The number of aromatic nitrogens is 1. The van der Waals surface area contributed by atoms with Gasteiger partial charge in [-0.1, -0.05) is 13.8 Å². The zero-order chi connectivity index (χ0) is 23.5. The predicted molar refractivity (Wildman–Crippen MR) is 116 cm³/mol. The lowest BCUT2D eigenvalue weighted by molar-refractivity contribution is -0.274. The van der Waals surface area contributed by atoms with E-state index < -0.39 is 12.0 Å². The van der Waals surface area contributed by atoms with Crippen molar-refractivity contribution in [3.8, 4) is 5.75 Å². The lowest BCUT2D eigenvalue weighted by Crippen LogP contribution is -2.64. The number of β-amino-alcohol motifs (C(OH)–C–C–N with tert-alkyl or cyclic N) is 1. The summed E-state index contributed by atoms with van der Waals surface area (Å²) in [4.78, 5) is 6.25. The highest BCUT2D eigenvalue weighted by Gasteiger charge is 2.42. The van der Waals surface area contributed by atoms with Gasteiger partial charge < -0.3 is 30.6 Å². The molecule has 174 valence electrons.